The molecule has 4 heteroatoms. The van der Waals surface area contributed by atoms with Crippen molar-refractivity contribution in [2.24, 2.45) is 5.92 Å². The fourth-order valence-corrected chi connectivity index (χ4v) is 2.53. The van der Waals surface area contributed by atoms with Gasteiger partial charge in [-0.1, -0.05) is 6.92 Å². The first-order valence-electron chi connectivity index (χ1n) is 5.85. The Morgan fingerprint density at radius 1 is 1.62 bits per heavy atom. The summed E-state index contributed by atoms with van der Waals surface area (Å²) in [7, 11) is 0. The molecule has 2 heterocycles. The Kier molecular flexibility index (Phi) is 4.18. The first kappa shape index (κ1) is 11.9. The van der Waals surface area contributed by atoms with Gasteiger partial charge in [0.25, 0.3) is 0 Å². The van der Waals surface area contributed by atoms with Crippen molar-refractivity contribution in [3.05, 3.63) is 22.9 Å². The van der Waals surface area contributed by atoms with E-state index in [1.54, 1.807) is 0 Å². The lowest BCUT2D eigenvalue weighted by Crippen LogP contribution is -2.22. The number of aromatic nitrogens is 1. The summed E-state index contributed by atoms with van der Waals surface area (Å²) in [4.78, 5) is 6.56. The number of rotatable bonds is 4. The van der Waals surface area contributed by atoms with Crippen LogP contribution < -0.4 is 5.32 Å². The van der Waals surface area contributed by atoms with E-state index in [4.69, 9.17) is 0 Å². The second kappa shape index (κ2) is 5.64. The van der Waals surface area contributed by atoms with Crippen LogP contribution in [0.15, 0.2) is 22.9 Å². The van der Waals surface area contributed by atoms with E-state index in [2.05, 4.69) is 38.1 Å². The van der Waals surface area contributed by atoms with E-state index >= 15 is 0 Å². The van der Waals surface area contributed by atoms with Crippen LogP contribution in [-0.4, -0.2) is 36.1 Å². The van der Waals surface area contributed by atoms with Crippen LogP contribution >= 0.6 is 15.9 Å². The Balaban J connectivity index is 1.82. The van der Waals surface area contributed by atoms with Gasteiger partial charge in [0.1, 0.15) is 0 Å². The number of nitrogens with one attached hydrogen (secondary N) is 1. The van der Waals surface area contributed by atoms with Gasteiger partial charge in [0.05, 0.1) is 10.2 Å². The van der Waals surface area contributed by atoms with Gasteiger partial charge in [-0.2, -0.15) is 0 Å². The summed E-state index contributed by atoms with van der Waals surface area (Å²) < 4.78 is 1.04. The van der Waals surface area contributed by atoms with Crippen LogP contribution in [0.4, 0.5) is 5.69 Å². The standard InChI is InChI=1S/C12H18BrN3/c1-2-16-6-4-10(9-16)7-15-12-3-5-14-8-11(12)13/h3,5,8,10H,2,4,6-7,9H2,1H3,(H,14,15). The van der Waals surface area contributed by atoms with Gasteiger partial charge >= 0.3 is 0 Å². The van der Waals surface area contributed by atoms with E-state index in [9.17, 15) is 0 Å². The summed E-state index contributed by atoms with van der Waals surface area (Å²) >= 11 is 3.50. The molecule has 1 aliphatic rings. The fraction of sp³-hybridized carbons (Fsp3) is 0.583. The van der Waals surface area contributed by atoms with Gasteiger partial charge in [0, 0.05) is 25.5 Å². The summed E-state index contributed by atoms with van der Waals surface area (Å²) in [5.41, 5.74) is 1.14. The molecule has 1 aromatic rings. The zero-order valence-corrected chi connectivity index (χ0v) is 11.2. The molecule has 1 saturated heterocycles. The molecule has 0 bridgehead atoms. The minimum atomic E-state index is 0.778. The van der Waals surface area contributed by atoms with Crippen LogP contribution in [0.3, 0.4) is 0 Å². The van der Waals surface area contributed by atoms with Crippen molar-refractivity contribution < 1.29 is 0 Å². The molecular weight excluding hydrogens is 266 g/mol. The quantitative estimate of drug-likeness (QED) is 0.921. The van der Waals surface area contributed by atoms with E-state index < -0.39 is 0 Å². The number of hydrogen-bond donors (Lipinski definition) is 1. The van der Waals surface area contributed by atoms with Crippen molar-refractivity contribution in [1.29, 1.82) is 0 Å². The summed E-state index contributed by atoms with van der Waals surface area (Å²) in [5.74, 6) is 0.778. The van der Waals surface area contributed by atoms with Crippen LogP contribution in [0.25, 0.3) is 0 Å². The van der Waals surface area contributed by atoms with E-state index in [-0.39, 0.29) is 0 Å². The number of anilines is 1. The topological polar surface area (TPSA) is 28.2 Å². The monoisotopic (exact) mass is 283 g/mol. The molecule has 2 rings (SSSR count). The third kappa shape index (κ3) is 2.95. The molecule has 0 saturated carbocycles. The van der Waals surface area contributed by atoms with Crippen LogP contribution in [0.1, 0.15) is 13.3 Å². The highest BCUT2D eigenvalue weighted by molar-refractivity contribution is 9.10. The smallest absolute Gasteiger partial charge is 0.0590 e. The molecule has 1 N–H and O–H groups in total. The lowest BCUT2D eigenvalue weighted by atomic mass is 10.1. The van der Waals surface area contributed by atoms with Crippen molar-refractivity contribution in [1.82, 2.24) is 9.88 Å². The lowest BCUT2D eigenvalue weighted by Gasteiger charge is -2.14. The Morgan fingerprint density at radius 3 is 3.19 bits per heavy atom. The largest absolute Gasteiger partial charge is 0.384 e. The van der Waals surface area contributed by atoms with Crippen LogP contribution in [0.2, 0.25) is 0 Å². The van der Waals surface area contributed by atoms with Crippen LogP contribution in [0.5, 0.6) is 0 Å². The van der Waals surface area contributed by atoms with E-state index in [0.29, 0.717) is 0 Å². The normalized spacial score (nSPS) is 21.2. The number of likely N-dealkylation sites (tertiary alicyclic amines) is 1. The molecule has 0 amide bonds. The zero-order valence-electron chi connectivity index (χ0n) is 9.62. The predicted octanol–water partition coefficient (Wildman–Crippen LogP) is 2.60. The van der Waals surface area contributed by atoms with Gasteiger partial charge in [-0.05, 0) is 47.4 Å². The average molecular weight is 284 g/mol. The third-order valence-electron chi connectivity index (χ3n) is 3.17. The van der Waals surface area contributed by atoms with Gasteiger partial charge in [-0.15, -0.1) is 0 Å². The molecule has 1 aliphatic heterocycles. The molecule has 1 unspecified atom stereocenters. The number of hydrogen-bond acceptors (Lipinski definition) is 3. The highest BCUT2D eigenvalue weighted by Gasteiger charge is 2.20. The molecular formula is C12H18BrN3. The van der Waals surface area contributed by atoms with Gasteiger partial charge in [-0.25, -0.2) is 0 Å². The molecule has 88 valence electrons. The highest BCUT2D eigenvalue weighted by atomic mass is 79.9. The Labute approximate surface area is 105 Å². The summed E-state index contributed by atoms with van der Waals surface area (Å²) in [6.45, 7) is 6.94. The minimum absolute atomic E-state index is 0.778. The molecule has 0 aliphatic carbocycles. The van der Waals surface area contributed by atoms with Crippen molar-refractivity contribution in [3.8, 4) is 0 Å². The van der Waals surface area contributed by atoms with E-state index in [0.717, 1.165) is 22.6 Å². The number of halogens is 1. The Morgan fingerprint density at radius 2 is 2.50 bits per heavy atom. The Bertz CT molecular complexity index is 343. The molecule has 3 nitrogen and oxygen atoms in total. The highest BCUT2D eigenvalue weighted by Crippen LogP contribution is 2.22. The third-order valence-corrected chi connectivity index (χ3v) is 3.80. The maximum atomic E-state index is 4.05. The molecule has 1 atom stereocenters. The lowest BCUT2D eigenvalue weighted by molar-refractivity contribution is 0.345. The fourth-order valence-electron chi connectivity index (χ4n) is 2.14. The summed E-state index contributed by atoms with van der Waals surface area (Å²) in [6.07, 6.45) is 4.96. The van der Waals surface area contributed by atoms with Gasteiger partial charge < -0.3 is 10.2 Å². The summed E-state index contributed by atoms with van der Waals surface area (Å²) in [5, 5.41) is 3.49. The molecule has 1 fully saturated rings. The van der Waals surface area contributed by atoms with Crippen LogP contribution in [-0.2, 0) is 0 Å². The van der Waals surface area contributed by atoms with Crippen molar-refractivity contribution in [2.75, 3.05) is 31.5 Å². The Hall–Kier alpha value is -0.610. The second-order valence-corrected chi connectivity index (χ2v) is 5.14. The van der Waals surface area contributed by atoms with Crippen LogP contribution in [0, 0.1) is 5.92 Å². The molecule has 0 spiro atoms. The SMILES string of the molecule is CCN1CCC(CNc2ccncc2Br)C1. The number of pyridine rings is 1. The van der Waals surface area contributed by atoms with E-state index in [1.807, 2.05) is 18.5 Å². The van der Waals surface area contributed by atoms with Gasteiger partial charge in [-0.3, -0.25) is 4.98 Å². The molecule has 16 heavy (non-hydrogen) atoms. The maximum Gasteiger partial charge on any atom is 0.0590 e. The van der Waals surface area contributed by atoms with Gasteiger partial charge in [0.2, 0.25) is 0 Å². The van der Waals surface area contributed by atoms with E-state index in [1.165, 1.54) is 26.1 Å². The second-order valence-electron chi connectivity index (χ2n) is 4.28. The average Bonchev–Trinajstić information content (AvgIpc) is 2.76. The minimum Gasteiger partial charge on any atom is -0.384 e. The molecule has 0 radical (unpaired) electrons. The first-order valence-corrected chi connectivity index (χ1v) is 6.64. The zero-order chi connectivity index (χ0) is 11.4. The maximum absolute atomic E-state index is 4.05. The van der Waals surface area contributed by atoms with Gasteiger partial charge in [0.15, 0.2) is 0 Å². The first-order chi connectivity index (χ1) is 7.79. The summed E-state index contributed by atoms with van der Waals surface area (Å²) in [6, 6.07) is 2.01. The van der Waals surface area contributed by atoms with Crippen molar-refractivity contribution in [3.63, 3.8) is 0 Å². The number of nitrogens with zero attached hydrogens (tertiary/aromatic N) is 2. The predicted molar refractivity (Wildman–Crippen MR) is 70.6 cm³/mol. The van der Waals surface area contributed by atoms with Crippen molar-refractivity contribution >= 4 is 21.6 Å². The molecule has 0 aromatic carbocycles. The molecule has 1 aromatic heterocycles. The van der Waals surface area contributed by atoms with Crippen molar-refractivity contribution in [2.45, 2.75) is 13.3 Å².